The average molecular weight is 373 g/mol. The smallest absolute Gasteiger partial charge is 0.251 e. The molecule has 1 aromatic heterocycles. The van der Waals surface area contributed by atoms with E-state index in [9.17, 15) is 9.59 Å². The molecule has 2 aromatic rings. The molecule has 138 valence electrons. The largest absolute Gasteiger partial charge is 0.486 e. The van der Waals surface area contributed by atoms with E-state index < -0.39 is 0 Å². The Morgan fingerprint density at radius 1 is 1.31 bits per heavy atom. The molecule has 26 heavy (non-hydrogen) atoms. The summed E-state index contributed by atoms with van der Waals surface area (Å²) in [5.41, 5.74) is 2.65. The van der Waals surface area contributed by atoms with Gasteiger partial charge in [0, 0.05) is 11.8 Å². The molecular weight excluding hydrogens is 350 g/mol. The minimum absolute atomic E-state index is 0.0212. The van der Waals surface area contributed by atoms with Gasteiger partial charge in [-0.05, 0) is 38.8 Å². The normalized spacial score (nSPS) is 15.5. The van der Waals surface area contributed by atoms with Gasteiger partial charge in [-0.25, -0.2) is 4.98 Å². The number of benzene rings is 1. The Morgan fingerprint density at radius 3 is 2.58 bits per heavy atom. The van der Waals surface area contributed by atoms with E-state index in [0.717, 1.165) is 16.9 Å². The minimum atomic E-state index is -0.318. The number of H-pyrrole nitrogens is 1. The zero-order valence-electron chi connectivity index (χ0n) is 15.4. The molecule has 0 spiro atoms. The van der Waals surface area contributed by atoms with Gasteiger partial charge in [-0.1, -0.05) is 30.0 Å². The van der Waals surface area contributed by atoms with E-state index >= 15 is 0 Å². The minimum Gasteiger partial charge on any atom is -0.486 e. The van der Waals surface area contributed by atoms with Crippen molar-refractivity contribution in [2.75, 3.05) is 13.1 Å². The SMILES string of the molecule is Cc1cc(=O)[nH]c(S[C@H](C)C(=O)N2CC(Oc3c(C)cccc3C)C2)n1. The molecule has 1 atom stereocenters. The number of likely N-dealkylation sites (tertiary alicyclic amines) is 1. The van der Waals surface area contributed by atoms with Crippen molar-refractivity contribution in [2.24, 2.45) is 0 Å². The number of hydrogen-bond donors (Lipinski definition) is 1. The summed E-state index contributed by atoms with van der Waals surface area (Å²) in [6.07, 6.45) is 0.0212. The fraction of sp³-hybridized carbons (Fsp3) is 0.421. The Balaban J connectivity index is 1.55. The number of rotatable bonds is 5. The topological polar surface area (TPSA) is 75.3 Å². The zero-order chi connectivity index (χ0) is 18.8. The summed E-state index contributed by atoms with van der Waals surface area (Å²) in [5, 5.41) is 0.154. The van der Waals surface area contributed by atoms with Gasteiger partial charge < -0.3 is 14.6 Å². The van der Waals surface area contributed by atoms with Crippen LogP contribution < -0.4 is 10.3 Å². The number of aryl methyl sites for hydroxylation is 3. The molecule has 6 nitrogen and oxygen atoms in total. The molecule has 2 heterocycles. The van der Waals surface area contributed by atoms with Crippen LogP contribution in [0.15, 0.2) is 34.2 Å². The van der Waals surface area contributed by atoms with E-state index in [4.69, 9.17) is 4.74 Å². The van der Waals surface area contributed by atoms with Crippen LogP contribution in [-0.2, 0) is 4.79 Å². The summed E-state index contributed by atoms with van der Waals surface area (Å²) < 4.78 is 6.06. The first-order chi connectivity index (χ1) is 12.3. The molecule has 0 aliphatic carbocycles. The van der Waals surface area contributed by atoms with Crippen molar-refractivity contribution in [3.05, 3.63) is 51.4 Å². The predicted molar refractivity (Wildman–Crippen MR) is 102 cm³/mol. The molecule has 1 N–H and O–H groups in total. The molecule has 1 fully saturated rings. The lowest BCUT2D eigenvalue weighted by Crippen LogP contribution is -2.58. The van der Waals surface area contributed by atoms with Crippen LogP contribution in [0.2, 0.25) is 0 Å². The van der Waals surface area contributed by atoms with Gasteiger partial charge in [0.05, 0.1) is 18.3 Å². The summed E-state index contributed by atoms with van der Waals surface area (Å²) in [6, 6.07) is 7.49. The number of para-hydroxylation sites is 1. The molecule has 0 saturated carbocycles. The van der Waals surface area contributed by atoms with E-state index in [1.165, 1.54) is 17.8 Å². The molecule has 1 aliphatic heterocycles. The van der Waals surface area contributed by atoms with Gasteiger partial charge in [0.25, 0.3) is 5.56 Å². The Labute approximate surface area is 157 Å². The van der Waals surface area contributed by atoms with Gasteiger partial charge >= 0.3 is 0 Å². The van der Waals surface area contributed by atoms with Gasteiger partial charge in [0.1, 0.15) is 11.9 Å². The molecule has 7 heteroatoms. The van der Waals surface area contributed by atoms with Crippen LogP contribution in [0.1, 0.15) is 23.7 Å². The highest BCUT2D eigenvalue weighted by Gasteiger charge is 2.35. The highest BCUT2D eigenvalue weighted by molar-refractivity contribution is 8.00. The maximum Gasteiger partial charge on any atom is 0.251 e. The monoisotopic (exact) mass is 373 g/mol. The van der Waals surface area contributed by atoms with Crippen molar-refractivity contribution in [1.29, 1.82) is 0 Å². The lowest BCUT2D eigenvalue weighted by atomic mass is 10.1. The zero-order valence-corrected chi connectivity index (χ0v) is 16.2. The summed E-state index contributed by atoms with van der Waals surface area (Å²) in [5.74, 6) is 0.939. The Bertz CT molecular complexity index is 854. The molecule has 0 radical (unpaired) electrons. The van der Waals surface area contributed by atoms with Crippen LogP contribution in [-0.4, -0.2) is 45.2 Å². The number of nitrogens with one attached hydrogen (secondary N) is 1. The fourth-order valence-corrected chi connectivity index (χ4v) is 3.87. The number of carbonyl (C=O) groups is 1. The molecule has 1 saturated heterocycles. The third-order valence-corrected chi connectivity index (χ3v) is 5.31. The highest BCUT2D eigenvalue weighted by Crippen LogP contribution is 2.27. The number of aromatic amines is 1. The first-order valence-electron chi connectivity index (χ1n) is 8.60. The Morgan fingerprint density at radius 2 is 1.96 bits per heavy atom. The van der Waals surface area contributed by atoms with Crippen molar-refractivity contribution in [1.82, 2.24) is 14.9 Å². The van der Waals surface area contributed by atoms with Crippen molar-refractivity contribution < 1.29 is 9.53 Å². The van der Waals surface area contributed by atoms with Gasteiger partial charge in [-0.3, -0.25) is 9.59 Å². The quantitative estimate of drug-likeness (QED) is 0.644. The molecule has 1 aliphatic rings. The van der Waals surface area contributed by atoms with E-state index in [2.05, 4.69) is 9.97 Å². The highest BCUT2D eigenvalue weighted by atomic mass is 32.2. The van der Waals surface area contributed by atoms with Gasteiger partial charge in [0.2, 0.25) is 5.91 Å². The summed E-state index contributed by atoms with van der Waals surface area (Å²) >= 11 is 1.27. The second kappa shape index (κ2) is 7.53. The number of ether oxygens (including phenoxy) is 1. The number of carbonyl (C=O) groups excluding carboxylic acids is 1. The van der Waals surface area contributed by atoms with Crippen molar-refractivity contribution in [3.8, 4) is 5.75 Å². The van der Waals surface area contributed by atoms with E-state index in [1.54, 1.807) is 11.8 Å². The van der Waals surface area contributed by atoms with Crippen molar-refractivity contribution >= 4 is 17.7 Å². The standard InChI is InChI=1S/C19H23N3O3S/c1-11-6-5-7-12(2)17(11)25-15-9-22(10-15)18(24)14(4)26-19-20-13(3)8-16(23)21-19/h5-8,14-15H,9-10H2,1-4H3,(H,20,21,23)/t14-/m1/s1. The summed E-state index contributed by atoms with van der Waals surface area (Å²) in [7, 11) is 0. The second-order valence-electron chi connectivity index (χ2n) is 6.66. The van der Waals surface area contributed by atoms with Gasteiger partial charge in [0.15, 0.2) is 5.16 Å². The number of nitrogens with zero attached hydrogens (tertiary/aromatic N) is 2. The predicted octanol–water partition coefficient (Wildman–Crippen LogP) is 2.47. The van der Waals surface area contributed by atoms with E-state index in [1.807, 2.05) is 39.0 Å². The second-order valence-corrected chi connectivity index (χ2v) is 7.99. The molecule has 0 bridgehead atoms. The van der Waals surface area contributed by atoms with E-state index in [0.29, 0.717) is 23.9 Å². The van der Waals surface area contributed by atoms with Crippen LogP contribution in [0, 0.1) is 20.8 Å². The fourth-order valence-electron chi connectivity index (χ4n) is 2.93. The molecule has 1 aromatic carbocycles. The first kappa shape index (κ1) is 18.5. The Kier molecular flexibility index (Phi) is 5.36. The summed E-state index contributed by atoms with van der Waals surface area (Å²) in [6.45, 7) is 8.80. The van der Waals surface area contributed by atoms with Crippen LogP contribution in [0.4, 0.5) is 0 Å². The number of aromatic nitrogens is 2. The number of hydrogen-bond acceptors (Lipinski definition) is 5. The molecular formula is C19H23N3O3S. The van der Waals surface area contributed by atoms with Crippen LogP contribution in [0.5, 0.6) is 5.75 Å². The average Bonchev–Trinajstić information content (AvgIpc) is 2.51. The summed E-state index contributed by atoms with van der Waals surface area (Å²) in [4.78, 5) is 32.8. The van der Waals surface area contributed by atoms with Crippen molar-refractivity contribution in [3.63, 3.8) is 0 Å². The lowest BCUT2D eigenvalue weighted by molar-refractivity contribution is -0.139. The third-order valence-electron chi connectivity index (χ3n) is 4.34. The third kappa shape index (κ3) is 4.09. The molecule has 3 rings (SSSR count). The molecule has 1 amide bonds. The van der Waals surface area contributed by atoms with Crippen LogP contribution >= 0.6 is 11.8 Å². The van der Waals surface area contributed by atoms with E-state index in [-0.39, 0.29) is 22.8 Å². The van der Waals surface area contributed by atoms with Crippen molar-refractivity contribution in [2.45, 2.75) is 44.2 Å². The number of amides is 1. The Hall–Kier alpha value is -2.28. The number of thioether (sulfide) groups is 1. The van der Waals surface area contributed by atoms with Gasteiger partial charge in [-0.15, -0.1) is 0 Å². The van der Waals surface area contributed by atoms with Crippen LogP contribution in [0.25, 0.3) is 0 Å². The first-order valence-corrected chi connectivity index (χ1v) is 9.47. The van der Waals surface area contributed by atoms with Crippen LogP contribution in [0.3, 0.4) is 0 Å². The van der Waals surface area contributed by atoms with Gasteiger partial charge in [-0.2, -0.15) is 0 Å². The maximum atomic E-state index is 12.6. The molecule has 0 unspecified atom stereocenters. The lowest BCUT2D eigenvalue weighted by Gasteiger charge is -2.40. The maximum absolute atomic E-state index is 12.6.